The minimum Gasteiger partial charge on any atom is -0.271 e. The molecule has 1 aromatic carbocycles. The molecule has 0 aliphatic heterocycles. The van der Waals surface area contributed by atoms with Crippen molar-refractivity contribution in [3.8, 4) is 0 Å². The first-order chi connectivity index (χ1) is 8.99. The lowest BCUT2D eigenvalue weighted by atomic mass is 10.1. The van der Waals surface area contributed by atoms with Gasteiger partial charge >= 0.3 is 0 Å². The van der Waals surface area contributed by atoms with Gasteiger partial charge in [-0.05, 0) is 17.7 Å². The first-order valence-electron chi connectivity index (χ1n) is 6.44. The normalized spacial score (nSPS) is 13.7. The number of fused-ring (bicyclic) bond motifs is 1. The highest BCUT2D eigenvalue weighted by Gasteiger charge is 2.16. The van der Waals surface area contributed by atoms with Crippen LogP contribution < -0.4 is 11.3 Å². The molecule has 0 spiro atoms. The molecule has 0 saturated carbocycles. The highest BCUT2D eigenvalue weighted by Crippen LogP contribution is 2.28. The summed E-state index contributed by atoms with van der Waals surface area (Å²) in [5.74, 6) is 6.64. The van der Waals surface area contributed by atoms with E-state index in [4.69, 9.17) is 5.84 Å². The van der Waals surface area contributed by atoms with Gasteiger partial charge in [0.1, 0.15) is 0 Å². The van der Waals surface area contributed by atoms with Gasteiger partial charge in [-0.25, -0.2) is 0 Å². The van der Waals surface area contributed by atoms with Crippen molar-refractivity contribution < 1.29 is 0 Å². The summed E-state index contributed by atoms with van der Waals surface area (Å²) in [6, 6.07) is 10.5. The van der Waals surface area contributed by atoms with E-state index in [2.05, 4.69) is 55.4 Å². The van der Waals surface area contributed by atoms with Crippen molar-refractivity contribution >= 4 is 22.7 Å². The van der Waals surface area contributed by atoms with Crippen molar-refractivity contribution in [2.75, 3.05) is 5.75 Å². The molecular formula is C15H21N3S. The lowest BCUT2D eigenvalue weighted by Gasteiger charge is -2.23. The van der Waals surface area contributed by atoms with Crippen LogP contribution >= 0.6 is 11.8 Å². The lowest BCUT2D eigenvalue weighted by Crippen LogP contribution is -2.30. The van der Waals surface area contributed by atoms with E-state index in [9.17, 15) is 0 Å². The van der Waals surface area contributed by atoms with Gasteiger partial charge in [-0.1, -0.05) is 39.0 Å². The second-order valence-electron chi connectivity index (χ2n) is 5.60. The van der Waals surface area contributed by atoms with Crippen LogP contribution in [0.25, 0.3) is 10.9 Å². The molecule has 102 valence electrons. The van der Waals surface area contributed by atoms with Crippen LogP contribution in [-0.2, 0) is 0 Å². The smallest absolute Gasteiger partial charge is 0.0705 e. The standard InChI is InChI=1S/C15H21N3S/c1-15(2,3)19-10-14(18-16)12-7-6-11-5-4-8-17-13(11)9-12/h4-9,14,18H,10,16H2,1-3H3. The molecule has 3 N–H and O–H groups in total. The van der Waals surface area contributed by atoms with Crippen LogP contribution in [0.1, 0.15) is 32.4 Å². The van der Waals surface area contributed by atoms with E-state index >= 15 is 0 Å². The molecule has 4 heteroatoms. The van der Waals surface area contributed by atoms with E-state index in [1.165, 1.54) is 5.56 Å². The summed E-state index contributed by atoms with van der Waals surface area (Å²) >= 11 is 1.90. The van der Waals surface area contributed by atoms with Gasteiger partial charge in [0.25, 0.3) is 0 Å². The first-order valence-corrected chi connectivity index (χ1v) is 7.43. The molecule has 1 atom stereocenters. The molecule has 0 aliphatic rings. The zero-order valence-electron chi connectivity index (χ0n) is 11.7. The van der Waals surface area contributed by atoms with Crippen LogP contribution in [0.3, 0.4) is 0 Å². The van der Waals surface area contributed by atoms with Crippen LogP contribution in [0.15, 0.2) is 36.5 Å². The average molecular weight is 275 g/mol. The number of nitrogens with two attached hydrogens (primary N) is 1. The van der Waals surface area contributed by atoms with Crippen molar-refractivity contribution in [1.82, 2.24) is 10.4 Å². The summed E-state index contributed by atoms with van der Waals surface area (Å²) in [7, 11) is 0. The third kappa shape index (κ3) is 3.93. The van der Waals surface area contributed by atoms with Gasteiger partial charge in [0.05, 0.1) is 11.6 Å². The lowest BCUT2D eigenvalue weighted by molar-refractivity contribution is 0.608. The van der Waals surface area contributed by atoms with Gasteiger partial charge < -0.3 is 0 Å². The molecule has 0 radical (unpaired) electrons. The Kier molecular flexibility index (Phi) is 4.45. The van der Waals surface area contributed by atoms with Gasteiger partial charge in [-0.15, -0.1) is 0 Å². The maximum absolute atomic E-state index is 5.69. The SMILES string of the molecule is CC(C)(C)SCC(NN)c1ccc2cccnc2c1. The van der Waals surface area contributed by atoms with E-state index in [0.717, 1.165) is 16.7 Å². The van der Waals surface area contributed by atoms with Gasteiger partial charge in [0, 0.05) is 22.1 Å². The van der Waals surface area contributed by atoms with Gasteiger partial charge in [-0.2, -0.15) is 11.8 Å². The van der Waals surface area contributed by atoms with E-state index in [0.29, 0.717) is 0 Å². The van der Waals surface area contributed by atoms with Crippen LogP contribution in [-0.4, -0.2) is 15.5 Å². The largest absolute Gasteiger partial charge is 0.271 e. The Hall–Kier alpha value is -1.10. The fourth-order valence-electron chi connectivity index (χ4n) is 1.87. The molecule has 0 amide bonds. The maximum atomic E-state index is 5.69. The number of nitrogens with zero attached hydrogens (tertiary/aromatic N) is 1. The third-order valence-electron chi connectivity index (χ3n) is 2.92. The van der Waals surface area contributed by atoms with Crippen molar-refractivity contribution in [3.05, 3.63) is 42.1 Å². The Morgan fingerprint density at radius 1 is 1.32 bits per heavy atom. The van der Waals surface area contributed by atoms with Crippen LogP contribution in [0.5, 0.6) is 0 Å². The molecule has 1 heterocycles. The molecule has 0 fully saturated rings. The van der Waals surface area contributed by atoms with Crippen molar-refractivity contribution in [1.29, 1.82) is 0 Å². The number of benzene rings is 1. The molecular weight excluding hydrogens is 254 g/mol. The van der Waals surface area contributed by atoms with E-state index in [1.807, 2.05) is 24.0 Å². The Labute approximate surface area is 119 Å². The summed E-state index contributed by atoms with van der Waals surface area (Å²) < 4.78 is 0.240. The van der Waals surface area contributed by atoms with Crippen molar-refractivity contribution in [2.45, 2.75) is 31.6 Å². The zero-order valence-corrected chi connectivity index (χ0v) is 12.5. The number of nitrogens with one attached hydrogen (secondary N) is 1. The topological polar surface area (TPSA) is 50.9 Å². The molecule has 0 aliphatic carbocycles. The fraction of sp³-hybridized carbons (Fsp3) is 0.400. The van der Waals surface area contributed by atoms with E-state index in [-0.39, 0.29) is 10.8 Å². The van der Waals surface area contributed by atoms with Gasteiger partial charge in [0.2, 0.25) is 0 Å². The van der Waals surface area contributed by atoms with Crippen molar-refractivity contribution in [2.24, 2.45) is 5.84 Å². The fourth-order valence-corrected chi connectivity index (χ4v) is 2.83. The number of hydrogen-bond donors (Lipinski definition) is 2. The predicted molar refractivity (Wildman–Crippen MR) is 84.0 cm³/mol. The Balaban J connectivity index is 2.20. The number of hydrogen-bond acceptors (Lipinski definition) is 4. The molecule has 19 heavy (non-hydrogen) atoms. The van der Waals surface area contributed by atoms with Crippen LogP contribution in [0, 0.1) is 0 Å². The molecule has 0 bridgehead atoms. The molecule has 2 aromatic rings. The number of aromatic nitrogens is 1. The zero-order chi connectivity index (χ0) is 13.9. The summed E-state index contributed by atoms with van der Waals surface area (Å²) in [6.07, 6.45) is 1.82. The summed E-state index contributed by atoms with van der Waals surface area (Å²) in [5, 5.41) is 1.16. The second kappa shape index (κ2) is 5.90. The van der Waals surface area contributed by atoms with E-state index < -0.39 is 0 Å². The molecule has 2 rings (SSSR count). The van der Waals surface area contributed by atoms with Crippen LogP contribution in [0.4, 0.5) is 0 Å². The monoisotopic (exact) mass is 275 g/mol. The highest BCUT2D eigenvalue weighted by molar-refractivity contribution is 8.00. The Morgan fingerprint density at radius 3 is 2.79 bits per heavy atom. The summed E-state index contributed by atoms with van der Waals surface area (Å²) in [6.45, 7) is 6.65. The number of hydrazine groups is 1. The quantitative estimate of drug-likeness (QED) is 0.664. The minimum atomic E-state index is 0.149. The van der Waals surface area contributed by atoms with Crippen molar-refractivity contribution in [3.63, 3.8) is 0 Å². The minimum absolute atomic E-state index is 0.149. The third-order valence-corrected chi connectivity index (χ3v) is 4.28. The Morgan fingerprint density at radius 2 is 2.11 bits per heavy atom. The molecule has 1 unspecified atom stereocenters. The number of pyridine rings is 1. The predicted octanol–water partition coefficient (Wildman–Crippen LogP) is 3.27. The molecule has 1 aromatic heterocycles. The van der Waals surface area contributed by atoms with Gasteiger partial charge in [0.15, 0.2) is 0 Å². The van der Waals surface area contributed by atoms with Gasteiger partial charge in [-0.3, -0.25) is 16.3 Å². The number of rotatable bonds is 4. The summed E-state index contributed by atoms with van der Waals surface area (Å²) in [4.78, 5) is 4.39. The first kappa shape index (κ1) is 14.3. The average Bonchev–Trinajstić information content (AvgIpc) is 2.38. The second-order valence-corrected chi connectivity index (χ2v) is 7.44. The summed E-state index contributed by atoms with van der Waals surface area (Å²) in [5.41, 5.74) is 5.11. The Bertz CT molecular complexity index is 548. The van der Waals surface area contributed by atoms with E-state index in [1.54, 1.807) is 0 Å². The molecule has 0 saturated heterocycles. The highest BCUT2D eigenvalue weighted by atomic mass is 32.2. The molecule has 3 nitrogen and oxygen atoms in total. The van der Waals surface area contributed by atoms with Crippen LogP contribution in [0.2, 0.25) is 0 Å². The number of thioether (sulfide) groups is 1. The maximum Gasteiger partial charge on any atom is 0.0705 e.